The van der Waals surface area contributed by atoms with Gasteiger partial charge in [0.15, 0.2) is 0 Å². The van der Waals surface area contributed by atoms with Crippen LogP contribution in [0.1, 0.15) is 23.7 Å². The molecule has 6 nitrogen and oxygen atoms in total. The predicted octanol–water partition coefficient (Wildman–Crippen LogP) is 2.62. The number of hydrogen-bond acceptors (Lipinski definition) is 4. The molecule has 0 spiro atoms. The molecule has 0 aliphatic heterocycles. The highest BCUT2D eigenvalue weighted by atomic mass is 35.5. The summed E-state index contributed by atoms with van der Waals surface area (Å²) in [5, 5.41) is 19.7. The largest absolute Gasteiger partial charge is 0.338 e. The Morgan fingerprint density at radius 2 is 2.26 bits per heavy atom. The van der Waals surface area contributed by atoms with Crippen molar-refractivity contribution in [3.05, 3.63) is 38.9 Å². The molecule has 7 heteroatoms. The second kappa shape index (κ2) is 6.71. The van der Waals surface area contributed by atoms with Gasteiger partial charge in [-0.05, 0) is 19.1 Å². The van der Waals surface area contributed by atoms with Crippen molar-refractivity contribution < 1.29 is 9.72 Å². The maximum atomic E-state index is 12.2. The molecule has 0 N–H and O–H groups in total. The van der Waals surface area contributed by atoms with Crippen molar-refractivity contribution in [3.8, 4) is 6.07 Å². The van der Waals surface area contributed by atoms with Gasteiger partial charge in [-0.3, -0.25) is 14.9 Å². The monoisotopic (exact) mass is 281 g/mol. The number of nitrogens with zero attached hydrogens (tertiary/aromatic N) is 3. The van der Waals surface area contributed by atoms with Gasteiger partial charge in [-0.15, -0.1) is 0 Å². The third-order valence-corrected chi connectivity index (χ3v) is 2.78. The molecule has 1 rings (SSSR count). The molecule has 1 amide bonds. The number of hydrogen-bond donors (Lipinski definition) is 0. The van der Waals surface area contributed by atoms with Crippen LogP contribution in [0.15, 0.2) is 18.2 Å². The van der Waals surface area contributed by atoms with Crippen molar-refractivity contribution >= 4 is 23.2 Å². The molecule has 100 valence electrons. The molecule has 0 aromatic heterocycles. The van der Waals surface area contributed by atoms with Crippen LogP contribution in [-0.2, 0) is 0 Å². The van der Waals surface area contributed by atoms with E-state index in [9.17, 15) is 14.9 Å². The van der Waals surface area contributed by atoms with E-state index in [1.54, 1.807) is 6.92 Å². The van der Waals surface area contributed by atoms with Crippen LogP contribution in [0.2, 0.25) is 5.02 Å². The minimum absolute atomic E-state index is 0.0581. The lowest BCUT2D eigenvalue weighted by atomic mass is 10.1. The smallest absolute Gasteiger partial charge is 0.282 e. The number of nitro groups is 1. The number of amides is 1. The molecule has 0 saturated heterocycles. The van der Waals surface area contributed by atoms with Crippen molar-refractivity contribution in [1.82, 2.24) is 4.90 Å². The molecule has 0 bridgehead atoms. The first-order valence-electron chi connectivity index (χ1n) is 5.61. The van der Waals surface area contributed by atoms with Crippen LogP contribution in [0.4, 0.5) is 5.69 Å². The Balaban J connectivity index is 3.13. The van der Waals surface area contributed by atoms with Gasteiger partial charge in [0, 0.05) is 24.2 Å². The molecule has 0 aliphatic rings. The standard InChI is InChI=1S/C12H12ClN3O3/c1-2-15(7-3-6-14)12(17)10-8-9(13)4-5-11(10)16(18)19/h4-5,8H,2-3,7H2,1H3. The normalized spacial score (nSPS) is 9.74. The molecule has 0 unspecified atom stereocenters. The molecule has 0 fully saturated rings. The quantitative estimate of drug-likeness (QED) is 0.613. The van der Waals surface area contributed by atoms with Crippen molar-refractivity contribution in [1.29, 1.82) is 5.26 Å². The number of benzene rings is 1. The van der Waals surface area contributed by atoms with E-state index >= 15 is 0 Å². The zero-order valence-corrected chi connectivity index (χ0v) is 11.1. The first-order chi connectivity index (χ1) is 9.01. The van der Waals surface area contributed by atoms with E-state index in [-0.39, 0.29) is 29.2 Å². The number of carbonyl (C=O) groups excluding carboxylic acids is 1. The van der Waals surface area contributed by atoms with Crippen LogP contribution in [0.3, 0.4) is 0 Å². The Labute approximate surface area is 115 Å². The SMILES string of the molecule is CCN(CCC#N)C(=O)c1cc(Cl)ccc1[N+](=O)[O-]. The summed E-state index contributed by atoms with van der Waals surface area (Å²) in [7, 11) is 0. The van der Waals surface area contributed by atoms with E-state index in [4.69, 9.17) is 16.9 Å². The molecule has 0 heterocycles. The molecule has 0 radical (unpaired) electrons. The van der Waals surface area contributed by atoms with Crippen LogP contribution in [0, 0.1) is 21.4 Å². The van der Waals surface area contributed by atoms with E-state index in [0.717, 1.165) is 0 Å². The second-order valence-electron chi connectivity index (χ2n) is 3.71. The summed E-state index contributed by atoms with van der Waals surface area (Å²) in [5.74, 6) is -0.494. The molecular weight excluding hydrogens is 270 g/mol. The van der Waals surface area contributed by atoms with E-state index in [1.807, 2.05) is 6.07 Å². The molecule has 0 aliphatic carbocycles. The van der Waals surface area contributed by atoms with Crippen LogP contribution in [-0.4, -0.2) is 28.8 Å². The van der Waals surface area contributed by atoms with Crippen molar-refractivity contribution in [2.45, 2.75) is 13.3 Å². The number of nitriles is 1. The van der Waals surface area contributed by atoms with E-state index in [1.165, 1.54) is 23.1 Å². The van der Waals surface area contributed by atoms with Gasteiger partial charge in [-0.1, -0.05) is 11.6 Å². The Morgan fingerprint density at radius 1 is 1.58 bits per heavy atom. The van der Waals surface area contributed by atoms with E-state index in [2.05, 4.69) is 0 Å². The predicted molar refractivity (Wildman–Crippen MR) is 69.9 cm³/mol. The summed E-state index contributed by atoms with van der Waals surface area (Å²) in [4.78, 5) is 23.9. The molecule has 1 aromatic rings. The minimum Gasteiger partial charge on any atom is -0.338 e. The van der Waals surface area contributed by atoms with Gasteiger partial charge in [-0.25, -0.2) is 0 Å². The van der Waals surface area contributed by atoms with Gasteiger partial charge in [0.1, 0.15) is 5.56 Å². The fraction of sp³-hybridized carbons (Fsp3) is 0.333. The highest BCUT2D eigenvalue weighted by molar-refractivity contribution is 6.31. The zero-order valence-electron chi connectivity index (χ0n) is 10.3. The lowest BCUT2D eigenvalue weighted by molar-refractivity contribution is -0.385. The van der Waals surface area contributed by atoms with Crippen LogP contribution in [0.25, 0.3) is 0 Å². The summed E-state index contributed by atoms with van der Waals surface area (Å²) in [5.41, 5.74) is -0.345. The maximum Gasteiger partial charge on any atom is 0.282 e. The Hall–Kier alpha value is -2.13. The van der Waals surface area contributed by atoms with Crippen LogP contribution in [0.5, 0.6) is 0 Å². The average molecular weight is 282 g/mol. The highest BCUT2D eigenvalue weighted by Crippen LogP contribution is 2.24. The highest BCUT2D eigenvalue weighted by Gasteiger charge is 2.24. The van der Waals surface area contributed by atoms with Gasteiger partial charge in [0.2, 0.25) is 0 Å². The van der Waals surface area contributed by atoms with E-state index in [0.29, 0.717) is 6.54 Å². The summed E-state index contributed by atoms with van der Waals surface area (Å²) < 4.78 is 0. The van der Waals surface area contributed by atoms with Gasteiger partial charge < -0.3 is 4.90 Å². The van der Waals surface area contributed by atoms with Crippen molar-refractivity contribution in [2.75, 3.05) is 13.1 Å². The first kappa shape index (κ1) is 14.9. The number of halogens is 1. The molecular formula is C12H12ClN3O3. The lowest BCUT2D eigenvalue weighted by Gasteiger charge is -2.19. The third kappa shape index (κ3) is 3.66. The Morgan fingerprint density at radius 3 is 2.79 bits per heavy atom. The van der Waals surface area contributed by atoms with Crippen molar-refractivity contribution in [3.63, 3.8) is 0 Å². The van der Waals surface area contributed by atoms with Gasteiger partial charge in [-0.2, -0.15) is 5.26 Å². The molecule has 19 heavy (non-hydrogen) atoms. The fourth-order valence-electron chi connectivity index (χ4n) is 1.60. The summed E-state index contributed by atoms with van der Waals surface area (Å²) in [6, 6.07) is 5.77. The van der Waals surface area contributed by atoms with Gasteiger partial charge in [0.25, 0.3) is 11.6 Å². The fourth-order valence-corrected chi connectivity index (χ4v) is 1.77. The molecule has 0 atom stereocenters. The summed E-state index contributed by atoms with van der Waals surface area (Å²) in [6.07, 6.45) is 0.175. The van der Waals surface area contributed by atoms with Crippen molar-refractivity contribution in [2.24, 2.45) is 0 Å². The zero-order chi connectivity index (χ0) is 14.4. The maximum absolute atomic E-state index is 12.2. The van der Waals surface area contributed by atoms with E-state index < -0.39 is 10.8 Å². The number of rotatable bonds is 5. The number of carbonyl (C=O) groups is 1. The van der Waals surface area contributed by atoms with Crippen LogP contribution >= 0.6 is 11.6 Å². The van der Waals surface area contributed by atoms with Crippen LogP contribution < -0.4 is 0 Å². The molecule has 0 saturated carbocycles. The summed E-state index contributed by atoms with van der Waals surface area (Å²) in [6.45, 7) is 2.34. The lowest BCUT2D eigenvalue weighted by Crippen LogP contribution is -2.32. The minimum atomic E-state index is -0.623. The molecule has 1 aromatic carbocycles. The second-order valence-corrected chi connectivity index (χ2v) is 4.15. The Bertz CT molecular complexity index is 540. The van der Waals surface area contributed by atoms with Gasteiger partial charge >= 0.3 is 0 Å². The third-order valence-electron chi connectivity index (χ3n) is 2.55. The topological polar surface area (TPSA) is 87.2 Å². The Kier molecular flexibility index (Phi) is 5.27. The summed E-state index contributed by atoms with van der Waals surface area (Å²) >= 11 is 5.77. The average Bonchev–Trinajstić information content (AvgIpc) is 2.38. The number of nitro benzene ring substituents is 1. The van der Waals surface area contributed by atoms with Gasteiger partial charge in [0.05, 0.1) is 17.4 Å². The first-order valence-corrected chi connectivity index (χ1v) is 5.99.